The Morgan fingerprint density at radius 1 is 1.38 bits per heavy atom. The number of rotatable bonds is 3. The van der Waals surface area contributed by atoms with Crippen molar-refractivity contribution in [2.45, 2.75) is 32.1 Å². The van der Waals surface area contributed by atoms with Crippen molar-refractivity contribution < 1.29 is 9.90 Å². The Bertz CT molecular complexity index is 215. The van der Waals surface area contributed by atoms with Gasteiger partial charge in [0.2, 0.25) is 0 Å². The first kappa shape index (κ1) is 9.00. The molecule has 2 aliphatic rings. The summed E-state index contributed by atoms with van der Waals surface area (Å²) in [6.45, 7) is 0.548. The molecule has 2 saturated carbocycles. The molecule has 0 aromatic heterocycles. The summed E-state index contributed by atoms with van der Waals surface area (Å²) >= 11 is 0. The largest absolute Gasteiger partial charge is 0.481 e. The summed E-state index contributed by atoms with van der Waals surface area (Å²) in [6.07, 6.45) is 4.98. The van der Waals surface area contributed by atoms with Crippen LogP contribution in [0, 0.1) is 17.3 Å². The fraction of sp³-hybridized carbons (Fsp3) is 0.900. The summed E-state index contributed by atoms with van der Waals surface area (Å²) in [5.74, 6) is 0.901. The van der Waals surface area contributed by atoms with E-state index in [1.165, 1.54) is 12.8 Å². The van der Waals surface area contributed by atoms with Crippen molar-refractivity contribution in [3.05, 3.63) is 0 Å². The quantitative estimate of drug-likeness (QED) is 0.691. The van der Waals surface area contributed by atoms with Crippen LogP contribution in [0.15, 0.2) is 0 Å². The molecule has 0 spiro atoms. The van der Waals surface area contributed by atoms with E-state index in [4.69, 9.17) is 10.8 Å². The van der Waals surface area contributed by atoms with E-state index in [-0.39, 0.29) is 11.8 Å². The molecule has 2 fully saturated rings. The minimum Gasteiger partial charge on any atom is -0.481 e. The van der Waals surface area contributed by atoms with E-state index >= 15 is 0 Å². The van der Waals surface area contributed by atoms with Crippen LogP contribution in [0.5, 0.6) is 0 Å². The van der Waals surface area contributed by atoms with Crippen LogP contribution >= 0.6 is 0 Å². The normalized spacial score (nSPS) is 35.2. The molecule has 0 bridgehead atoms. The number of hydrogen-bond donors (Lipinski definition) is 2. The van der Waals surface area contributed by atoms with Gasteiger partial charge in [-0.15, -0.1) is 0 Å². The lowest BCUT2D eigenvalue weighted by Crippen LogP contribution is -2.30. The molecule has 0 radical (unpaired) electrons. The van der Waals surface area contributed by atoms with Crippen LogP contribution in [0.25, 0.3) is 0 Å². The zero-order chi connectivity index (χ0) is 9.47. The predicted octanol–water partition coefficient (Wildman–Crippen LogP) is 1.23. The molecule has 0 aliphatic heterocycles. The highest BCUT2D eigenvalue weighted by Gasteiger charge is 2.49. The van der Waals surface area contributed by atoms with Gasteiger partial charge < -0.3 is 10.8 Å². The number of carboxylic acid groups (broad SMARTS) is 1. The van der Waals surface area contributed by atoms with Crippen molar-refractivity contribution in [3.63, 3.8) is 0 Å². The Hall–Kier alpha value is -0.570. The first-order valence-electron chi connectivity index (χ1n) is 5.07. The molecule has 2 atom stereocenters. The number of carbonyl (C=O) groups is 1. The van der Waals surface area contributed by atoms with E-state index in [1.807, 2.05) is 0 Å². The third kappa shape index (κ3) is 1.46. The van der Waals surface area contributed by atoms with E-state index < -0.39 is 5.97 Å². The topological polar surface area (TPSA) is 63.3 Å². The number of aliphatic carboxylic acids is 1. The van der Waals surface area contributed by atoms with Crippen LogP contribution in [0.1, 0.15) is 32.1 Å². The molecule has 2 aliphatic carbocycles. The van der Waals surface area contributed by atoms with Gasteiger partial charge in [0.25, 0.3) is 0 Å². The lowest BCUT2D eigenvalue weighted by Gasteiger charge is -2.29. The molecule has 0 aromatic rings. The Kier molecular flexibility index (Phi) is 2.06. The number of nitrogens with two attached hydrogens (primary N) is 1. The third-order valence-corrected chi connectivity index (χ3v) is 3.92. The average molecular weight is 183 g/mol. The molecule has 74 valence electrons. The van der Waals surface area contributed by atoms with Gasteiger partial charge in [-0.3, -0.25) is 4.79 Å². The highest BCUT2D eigenvalue weighted by Crippen LogP contribution is 2.56. The Morgan fingerprint density at radius 3 is 2.23 bits per heavy atom. The summed E-state index contributed by atoms with van der Waals surface area (Å²) in [7, 11) is 0. The lowest BCUT2D eigenvalue weighted by atomic mass is 9.77. The van der Waals surface area contributed by atoms with Crippen molar-refractivity contribution in [1.82, 2.24) is 0 Å². The van der Waals surface area contributed by atoms with Gasteiger partial charge in [0.05, 0.1) is 6.42 Å². The highest BCUT2D eigenvalue weighted by molar-refractivity contribution is 5.67. The van der Waals surface area contributed by atoms with E-state index in [1.54, 1.807) is 0 Å². The fourth-order valence-electron chi connectivity index (χ4n) is 3.08. The molecule has 0 saturated heterocycles. The first-order valence-corrected chi connectivity index (χ1v) is 5.07. The zero-order valence-electron chi connectivity index (χ0n) is 7.83. The van der Waals surface area contributed by atoms with Gasteiger partial charge in [-0.2, -0.15) is 0 Å². The first-order chi connectivity index (χ1) is 6.15. The number of hydrogen-bond acceptors (Lipinski definition) is 2. The summed E-state index contributed by atoms with van der Waals surface area (Å²) < 4.78 is 0. The van der Waals surface area contributed by atoms with Crippen LogP contribution in [0.4, 0.5) is 0 Å². The molecule has 3 nitrogen and oxygen atoms in total. The fourth-order valence-corrected chi connectivity index (χ4v) is 3.08. The van der Waals surface area contributed by atoms with Gasteiger partial charge in [-0.1, -0.05) is 0 Å². The van der Waals surface area contributed by atoms with Crippen LogP contribution in [0.2, 0.25) is 0 Å². The lowest BCUT2D eigenvalue weighted by molar-refractivity contribution is -0.139. The van der Waals surface area contributed by atoms with E-state index in [2.05, 4.69) is 0 Å². The molecule has 3 heteroatoms. The Balaban J connectivity index is 2.03. The molecule has 2 rings (SSSR count). The van der Waals surface area contributed by atoms with Gasteiger partial charge >= 0.3 is 5.97 Å². The predicted molar refractivity (Wildman–Crippen MR) is 49.2 cm³/mol. The van der Waals surface area contributed by atoms with Crippen LogP contribution in [-0.2, 0) is 4.79 Å². The Morgan fingerprint density at radius 2 is 1.92 bits per heavy atom. The van der Waals surface area contributed by atoms with Gasteiger partial charge in [-0.25, -0.2) is 0 Å². The molecule has 0 aromatic carbocycles. The molecular formula is C10H17NO2. The molecule has 0 unspecified atom stereocenters. The van der Waals surface area contributed by atoms with Gasteiger partial charge in [-0.05, 0) is 49.5 Å². The molecule has 13 heavy (non-hydrogen) atoms. The van der Waals surface area contributed by atoms with Gasteiger partial charge in [0, 0.05) is 0 Å². The maximum Gasteiger partial charge on any atom is 0.303 e. The smallest absolute Gasteiger partial charge is 0.303 e. The summed E-state index contributed by atoms with van der Waals surface area (Å²) in [5.41, 5.74) is 5.65. The standard InChI is InChI=1S/C10H17NO2/c11-6-10(5-9(12)13)3-7-1-2-8(7)4-10/h7-8H,1-6,11H2,(H,12,13)/t7-,8-/m1/s1. The highest BCUT2D eigenvalue weighted by atomic mass is 16.4. The van der Waals surface area contributed by atoms with Crippen LogP contribution < -0.4 is 5.73 Å². The number of carboxylic acids is 1. The average Bonchev–Trinajstić information content (AvgIpc) is 2.28. The van der Waals surface area contributed by atoms with Crippen LogP contribution in [-0.4, -0.2) is 17.6 Å². The second-order valence-electron chi connectivity index (χ2n) is 4.78. The minimum atomic E-state index is -0.688. The van der Waals surface area contributed by atoms with Crippen molar-refractivity contribution in [1.29, 1.82) is 0 Å². The van der Waals surface area contributed by atoms with E-state index in [0.717, 1.165) is 24.7 Å². The second kappa shape index (κ2) is 2.98. The van der Waals surface area contributed by atoms with Crippen molar-refractivity contribution in [2.75, 3.05) is 6.54 Å². The molecule has 3 N–H and O–H groups in total. The van der Waals surface area contributed by atoms with Crippen molar-refractivity contribution >= 4 is 5.97 Å². The third-order valence-electron chi connectivity index (χ3n) is 3.92. The molecular weight excluding hydrogens is 166 g/mol. The van der Waals surface area contributed by atoms with Gasteiger partial charge in [0.1, 0.15) is 0 Å². The summed E-state index contributed by atoms with van der Waals surface area (Å²) in [4.78, 5) is 10.7. The second-order valence-corrected chi connectivity index (χ2v) is 4.78. The molecule has 0 amide bonds. The SMILES string of the molecule is NCC1(CC(=O)O)C[C@H]2CC[C@@H]2C1. The monoisotopic (exact) mass is 183 g/mol. The summed E-state index contributed by atoms with van der Waals surface area (Å²) in [6, 6.07) is 0. The van der Waals surface area contributed by atoms with Crippen molar-refractivity contribution in [2.24, 2.45) is 23.0 Å². The maximum atomic E-state index is 10.7. The zero-order valence-corrected chi connectivity index (χ0v) is 7.83. The van der Waals surface area contributed by atoms with Crippen molar-refractivity contribution in [3.8, 4) is 0 Å². The summed E-state index contributed by atoms with van der Waals surface area (Å²) in [5, 5.41) is 8.81. The van der Waals surface area contributed by atoms with Crippen LogP contribution in [0.3, 0.4) is 0 Å². The van der Waals surface area contributed by atoms with E-state index in [0.29, 0.717) is 6.54 Å². The molecule has 0 heterocycles. The van der Waals surface area contributed by atoms with Gasteiger partial charge in [0.15, 0.2) is 0 Å². The Labute approximate surface area is 78.3 Å². The van der Waals surface area contributed by atoms with E-state index in [9.17, 15) is 4.79 Å². The minimum absolute atomic E-state index is 0.0579. The maximum absolute atomic E-state index is 10.7. The number of fused-ring (bicyclic) bond motifs is 1.